The molecule has 0 bridgehead atoms. The molecule has 8 heavy (non-hydrogen) atoms. The van der Waals surface area contributed by atoms with Crippen LogP contribution in [0.3, 0.4) is 0 Å². The molecule has 1 atom stereocenters. The van der Waals surface area contributed by atoms with Gasteiger partial charge in [0.05, 0.1) is 6.61 Å². The van der Waals surface area contributed by atoms with E-state index in [0.717, 1.165) is 12.8 Å². The van der Waals surface area contributed by atoms with Crippen LogP contribution in [0.5, 0.6) is 0 Å². The summed E-state index contributed by atoms with van der Waals surface area (Å²) in [5.41, 5.74) is 0. The highest BCUT2D eigenvalue weighted by molar-refractivity contribution is 4.51. The number of hydrogen-bond acceptors (Lipinski definition) is 1. The molecule has 0 aliphatic rings. The Kier molecular flexibility index (Phi) is 4.97. The lowest BCUT2D eigenvalue weighted by molar-refractivity contribution is 0.168. The van der Waals surface area contributed by atoms with Crippen LogP contribution < -0.4 is 0 Å². The summed E-state index contributed by atoms with van der Waals surface area (Å²) < 4.78 is 12.1. The van der Waals surface area contributed by atoms with Crippen LogP contribution in [-0.4, -0.2) is 17.9 Å². The van der Waals surface area contributed by atoms with Crippen molar-refractivity contribution in [1.82, 2.24) is 0 Å². The maximum Gasteiger partial charge on any atom is 0.123 e. The standard InChI is InChI=1S/C6H13FO/c1-2-3-4-6(7)5-8/h6,8H,2-5H2,1H3/t6-/m0/s1. The molecule has 0 aliphatic carbocycles. The first-order chi connectivity index (χ1) is 3.81. The maximum absolute atomic E-state index is 12.1. The predicted octanol–water partition coefficient (Wildman–Crippen LogP) is 1.51. The molecule has 0 fully saturated rings. The van der Waals surface area contributed by atoms with E-state index in [4.69, 9.17) is 5.11 Å². The van der Waals surface area contributed by atoms with Gasteiger partial charge in [0, 0.05) is 0 Å². The molecule has 0 aromatic rings. The summed E-state index contributed by atoms with van der Waals surface area (Å²) in [6.07, 6.45) is 1.39. The molecule has 0 unspecified atom stereocenters. The number of rotatable bonds is 4. The molecule has 50 valence electrons. The van der Waals surface area contributed by atoms with Crippen LogP contribution in [0.2, 0.25) is 0 Å². The Bertz CT molecular complexity index is 47.8. The molecule has 0 heterocycles. The predicted molar refractivity (Wildman–Crippen MR) is 31.5 cm³/mol. The van der Waals surface area contributed by atoms with E-state index in [-0.39, 0.29) is 6.61 Å². The summed E-state index contributed by atoms with van der Waals surface area (Å²) in [5.74, 6) is 0. The smallest absolute Gasteiger partial charge is 0.123 e. The van der Waals surface area contributed by atoms with Crippen molar-refractivity contribution in [3.63, 3.8) is 0 Å². The van der Waals surface area contributed by atoms with Crippen molar-refractivity contribution in [2.45, 2.75) is 32.4 Å². The van der Waals surface area contributed by atoms with Crippen LogP contribution in [0.25, 0.3) is 0 Å². The second kappa shape index (κ2) is 5.04. The minimum Gasteiger partial charge on any atom is -0.393 e. The first-order valence-electron chi connectivity index (χ1n) is 3.06. The second-order valence-electron chi connectivity index (χ2n) is 1.92. The van der Waals surface area contributed by atoms with Crippen molar-refractivity contribution in [2.24, 2.45) is 0 Å². The van der Waals surface area contributed by atoms with Gasteiger partial charge in [-0.2, -0.15) is 0 Å². The Morgan fingerprint density at radius 1 is 1.62 bits per heavy atom. The maximum atomic E-state index is 12.1. The lowest BCUT2D eigenvalue weighted by atomic mass is 10.2. The van der Waals surface area contributed by atoms with E-state index >= 15 is 0 Å². The minimum atomic E-state index is -0.991. The van der Waals surface area contributed by atoms with Crippen molar-refractivity contribution in [3.05, 3.63) is 0 Å². The van der Waals surface area contributed by atoms with Crippen LogP contribution in [0.4, 0.5) is 4.39 Å². The summed E-state index contributed by atoms with van der Waals surface area (Å²) in [4.78, 5) is 0. The van der Waals surface area contributed by atoms with Crippen LogP contribution >= 0.6 is 0 Å². The molecular weight excluding hydrogens is 107 g/mol. The highest BCUT2D eigenvalue weighted by atomic mass is 19.1. The van der Waals surface area contributed by atoms with Gasteiger partial charge in [-0.1, -0.05) is 19.8 Å². The van der Waals surface area contributed by atoms with E-state index in [2.05, 4.69) is 0 Å². The first kappa shape index (κ1) is 7.89. The van der Waals surface area contributed by atoms with Gasteiger partial charge in [-0.3, -0.25) is 0 Å². The van der Waals surface area contributed by atoms with E-state index < -0.39 is 6.17 Å². The van der Waals surface area contributed by atoms with E-state index in [1.165, 1.54) is 0 Å². The van der Waals surface area contributed by atoms with Gasteiger partial charge in [-0.15, -0.1) is 0 Å². The van der Waals surface area contributed by atoms with Gasteiger partial charge in [-0.05, 0) is 6.42 Å². The third-order valence-electron chi connectivity index (χ3n) is 1.07. The average molecular weight is 120 g/mol. The lowest BCUT2D eigenvalue weighted by Crippen LogP contribution is -2.04. The van der Waals surface area contributed by atoms with E-state index in [0.29, 0.717) is 6.42 Å². The Morgan fingerprint density at radius 2 is 2.25 bits per heavy atom. The first-order valence-corrected chi connectivity index (χ1v) is 3.06. The molecule has 2 heteroatoms. The quantitative estimate of drug-likeness (QED) is 0.596. The molecule has 1 N–H and O–H groups in total. The van der Waals surface area contributed by atoms with Crippen molar-refractivity contribution in [1.29, 1.82) is 0 Å². The zero-order valence-corrected chi connectivity index (χ0v) is 5.23. The van der Waals surface area contributed by atoms with Crippen LogP contribution in [0.15, 0.2) is 0 Å². The van der Waals surface area contributed by atoms with Crippen LogP contribution in [0, 0.1) is 0 Å². The number of halogens is 1. The number of hydrogen-bond donors (Lipinski definition) is 1. The summed E-state index contributed by atoms with van der Waals surface area (Å²) >= 11 is 0. The SMILES string of the molecule is CCCC[C@H](F)CO. The van der Waals surface area contributed by atoms with Crippen molar-refractivity contribution < 1.29 is 9.50 Å². The van der Waals surface area contributed by atoms with Crippen LogP contribution in [0.1, 0.15) is 26.2 Å². The Balaban J connectivity index is 2.86. The van der Waals surface area contributed by atoms with Gasteiger partial charge < -0.3 is 5.11 Å². The molecule has 0 radical (unpaired) electrons. The second-order valence-corrected chi connectivity index (χ2v) is 1.92. The molecule has 0 aromatic heterocycles. The summed E-state index contributed by atoms with van der Waals surface area (Å²) in [5, 5.41) is 8.19. The summed E-state index contributed by atoms with van der Waals surface area (Å²) in [6, 6.07) is 0. The Hall–Kier alpha value is -0.110. The Labute approximate surface area is 49.5 Å². The molecule has 1 nitrogen and oxygen atoms in total. The molecule has 0 saturated heterocycles. The summed E-state index contributed by atoms with van der Waals surface area (Å²) in [6.45, 7) is 1.68. The average Bonchev–Trinajstić information content (AvgIpc) is 1.83. The molecule has 0 aromatic carbocycles. The molecule has 0 spiro atoms. The summed E-state index contributed by atoms with van der Waals surface area (Å²) in [7, 11) is 0. The van der Waals surface area contributed by atoms with E-state index in [9.17, 15) is 4.39 Å². The molecule has 0 amide bonds. The van der Waals surface area contributed by atoms with Gasteiger partial charge in [0.25, 0.3) is 0 Å². The molecule has 0 saturated carbocycles. The Morgan fingerprint density at radius 3 is 2.62 bits per heavy atom. The zero-order valence-electron chi connectivity index (χ0n) is 5.23. The fourth-order valence-electron chi connectivity index (χ4n) is 0.517. The molecule has 0 aliphatic heterocycles. The third-order valence-corrected chi connectivity index (χ3v) is 1.07. The van der Waals surface area contributed by atoms with Crippen LogP contribution in [-0.2, 0) is 0 Å². The van der Waals surface area contributed by atoms with Gasteiger partial charge >= 0.3 is 0 Å². The van der Waals surface area contributed by atoms with Gasteiger partial charge in [0.2, 0.25) is 0 Å². The topological polar surface area (TPSA) is 20.2 Å². The lowest BCUT2D eigenvalue weighted by Gasteiger charge is -1.99. The molecule has 0 rings (SSSR count). The van der Waals surface area contributed by atoms with Gasteiger partial charge in [-0.25, -0.2) is 4.39 Å². The van der Waals surface area contributed by atoms with Gasteiger partial charge in [0.1, 0.15) is 6.17 Å². The molecular formula is C6H13FO. The normalized spacial score (nSPS) is 13.9. The fourth-order valence-corrected chi connectivity index (χ4v) is 0.517. The van der Waals surface area contributed by atoms with Crippen molar-refractivity contribution >= 4 is 0 Å². The van der Waals surface area contributed by atoms with E-state index in [1.807, 2.05) is 6.92 Å². The monoisotopic (exact) mass is 120 g/mol. The van der Waals surface area contributed by atoms with Crippen molar-refractivity contribution in [2.75, 3.05) is 6.61 Å². The number of unbranched alkanes of at least 4 members (excludes halogenated alkanes) is 1. The zero-order chi connectivity index (χ0) is 6.41. The largest absolute Gasteiger partial charge is 0.393 e. The fraction of sp³-hybridized carbons (Fsp3) is 1.00. The third kappa shape index (κ3) is 4.06. The van der Waals surface area contributed by atoms with E-state index in [1.54, 1.807) is 0 Å². The highest BCUT2D eigenvalue weighted by Gasteiger charge is 2.00. The van der Waals surface area contributed by atoms with Gasteiger partial charge in [0.15, 0.2) is 0 Å². The highest BCUT2D eigenvalue weighted by Crippen LogP contribution is 2.02. The number of alkyl halides is 1. The number of aliphatic hydroxyl groups excluding tert-OH is 1. The number of aliphatic hydroxyl groups is 1. The minimum absolute atomic E-state index is 0.319. The van der Waals surface area contributed by atoms with Crippen molar-refractivity contribution in [3.8, 4) is 0 Å².